The smallest absolute Gasteiger partial charge is 0.178 e. The molecule has 0 aliphatic rings. The lowest BCUT2D eigenvalue weighted by Gasteiger charge is -2.19. The number of hydrogen-bond donors (Lipinski definition) is 1. The fourth-order valence-corrected chi connectivity index (χ4v) is 4.11. The zero-order valence-electron chi connectivity index (χ0n) is 13.8. The van der Waals surface area contributed by atoms with Crippen LogP contribution in [0, 0.1) is 5.92 Å². The van der Waals surface area contributed by atoms with E-state index in [-0.39, 0.29) is 11.7 Å². The topological polar surface area (TPSA) is 63.6 Å². The molecule has 0 radical (unpaired) electrons. The molecule has 2 aromatic rings. The molecule has 0 amide bonds. The maximum atomic E-state index is 12.3. The second-order valence-electron chi connectivity index (χ2n) is 5.97. The monoisotopic (exact) mass is 348 g/mol. The first-order valence-corrected chi connectivity index (χ1v) is 9.72. The number of benzene rings is 2. The lowest BCUT2D eigenvalue weighted by Crippen LogP contribution is -2.26. The van der Waals surface area contributed by atoms with Gasteiger partial charge in [0.25, 0.3) is 0 Å². The molecule has 0 aliphatic carbocycles. The van der Waals surface area contributed by atoms with Gasteiger partial charge in [-0.2, -0.15) is 0 Å². The Morgan fingerprint density at radius 3 is 2.21 bits per heavy atom. The van der Waals surface area contributed by atoms with Crippen molar-refractivity contribution in [2.24, 2.45) is 5.92 Å². The molecule has 130 valence electrons. The van der Waals surface area contributed by atoms with Crippen LogP contribution >= 0.6 is 0 Å². The molecule has 1 N–H and O–H groups in total. The van der Waals surface area contributed by atoms with Crippen LogP contribution in [-0.2, 0) is 21.2 Å². The highest BCUT2D eigenvalue weighted by Gasteiger charge is 2.23. The summed E-state index contributed by atoms with van der Waals surface area (Å²) < 4.78 is 30.2. The third-order valence-electron chi connectivity index (χ3n) is 3.91. The molecule has 0 heterocycles. The SMILES string of the molecule is C[C@H](CS(=O)(=O)c1ccccc1)[C@H](O)CCOCc1ccccc1. The molecule has 5 heteroatoms. The van der Waals surface area contributed by atoms with Gasteiger partial charge >= 0.3 is 0 Å². The Hall–Kier alpha value is -1.69. The van der Waals surface area contributed by atoms with Crippen LogP contribution in [0.3, 0.4) is 0 Å². The number of aliphatic hydroxyl groups is 1. The number of ether oxygens (including phenoxy) is 1. The van der Waals surface area contributed by atoms with Crippen molar-refractivity contribution in [3.8, 4) is 0 Å². The molecule has 0 unspecified atom stereocenters. The molecule has 0 bridgehead atoms. The van der Waals surface area contributed by atoms with Crippen LogP contribution < -0.4 is 0 Å². The maximum Gasteiger partial charge on any atom is 0.178 e. The Kier molecular flexibility index (Phi) is 6.97. The second kappa shape index (κ2) is 8.97. The van der Waals surface area contributed by atoms with Crippen molar-refractivity contribution >= 4 is 9.84 Å². The minimum atomic E-state index is -3.38. The summed E-state index contributed by atoms with van der Waals surface area (Å²) in [6.07, 6.45) is -0.294. The minimum Gasteiger partial charge on any atom is -0.393 e. The van der Waals surface area contributed by atoms with Gasteiger partial charge in [0.05, 0.1) is 23.4 Å². The van der Waals surface area contributed by atoms with Crippen molar-refractivity contribution in [3.63, 3.8) is 0 Å². The van der Waals surface area contributed by atoms with Gasteiger partial charge in [0.1, 0.15) is 0 Å². The molecule has 2 aromatic carbocycles. The van der Waals surface area contributed by atoms with Crippen LogP contribution in [0.1, 0.15) is 18.9 Å². The van der Waals surface area contributed by atoms with Gasteiger partial charge in [-0.3, -0.25) is 0 Å². The molecule has 24 heavy (non-hydrogen) atoms. The molecular weight excluding hydrogens is 324 g/mol. The fourth-order valence-electron chi connectivity index (χ4n) is 2.43. The summed E-state index contributed by atoms with van der Waals surface area (Å²) in [5.41, 5.74) is 1.08. The van der Waals surface area contributed by atoms with E-state index in [0.717, 1.165) is 5.56 Å². The average molecular weight is 348 g/mol. The van der Waals surface area contributed by atoms with Crippen molar-refractivity contribution < 1.29 is 18.3 Å². The van der Waals surface area contributed by atoms with E-state index < -0.39 is 15.9 Å². The van der Waals surface area contributed by atoms with E-state index in [1.807, 2.05) is 30.3 Å². The minimum absolute atomic E-state index is 0.0726. The Bertz CT molecular complexity index is 699. The third-order valence-corrected chi connectivity index (χ3v) is 5.87. The quantitative estimate of drug-likeness (QED) is 0.708. The van der Waals surface area contributed by atoms with E-state index in [9.17, 15) is 13.5 Å². The highest BCUT2D eigenvalue weighted by atomic mass is 32.2. The standard InChI is InChI=1S/C19H24O4S/c1-16(15-24(21,22)18-10-6-3-7-11-18)19(20)12-13-23-14-17-8-4-2-5-9-17/h2-11,16,19-20H,12-15H2,1H3/t16-,19-/m1/s1. The molecule has 0 saturated carbocycles. The zero-order valence-corrected chi connectivity index (χ0v) is 14.7. The lowest BCUT2D eigenvalue weighted by molar-refractivity contribution is 0.0541. The summed E-state index contributed by atoms with van der Waals surface area (Å²) in [5.74, 6) is -0.424. The summed E-state index contributed by atoms with van der Waals surface area (Å²) >= 11 is 0. The van der Waals surface area contributed by atoms with Crippen LogP contribution in [0.4, 0.5) is 0 Å². The Labute approximate surface area is 144 Å². The maximum absolute atomic E-state index is 12.3. The third kappa shape index (κ3) is 5.74. The fraction of sp³-hybridized carbons (Fsp3) is 0.368. The van der Waals surface area contributed by atoms with Crippen LogP contribution in [0.2, 0.25) is 0 Å². The number of aliphatic hydroxyl groups excluding tert-OH is 1. The first-order chi connectivity index (χ1) is 11.5. The predicted octanol–water partition coefficient (Wildman–Crippen LogP) is 3.06. The van der Waals surface area contributed by atoms with Crippen molar-refractivity contribution in [2.45, 2.75) is 31.0 Å². The molecule has 4 nitrogen and oxygen atoms in total. The summed E-state index contributed by atoms with van der Waals surface area (Å²) in [5, 5.41) is 10.2. The van der Waals surface area contributed by atoms with Crippen molar-refractivity contribution in [3.05, 3.63) is 66.2 Å². The van der Waals surface area contributed by atoms with Gasteiger partial charge in [-0.15, -0.1) is 0 Å². The molecular formula is C19H24O4S. The van der Waals surface area contributed by atoms with Crippen LogP contribution in [0.15, 0.2) is 65.6 Å². The van der Waals surface area contributed by atoms with Gasteiger partial charge < -0.3 is 9.84 Å². The molecule has 0 saturated heterocycles. The number of hydrogen-bond acceptors (Lipinski definition) is 4. The van der Waals surface area contributed by atoms with Gasteiger partial charge in [0.2, 0.25) is 0 Å². The van der Waals surface area contributed by atoms with Gasteiger partial charge in [-0.05, 0) is 30.0 Å². The number of sulfone groups is 1. The number of rotatable bonds is 9. The molecule has 0 fully saturated rings. The van der Waals surface area contributed by atoms with E-state index in [4.69, 9.17) is 4.74 Å². The van der Waals surface area contributed by atoms with Gasteiger partial charge in [0.15, 0.2) is 9.84 Å². The van der Waals surface area contributed by atoms with Crippen LogP contribution in [-0.4, -0.2) is 32.0 Å². The largest absolute Gasteiger partial charge is 0.393 e. The summed E-state index contributed by atoms with van der Waals surface area (Å²) in [6, 6.07) is 18.1. The molecule has 0 spiro atoms. The molecule has 0 aromatic heterocycles. The highest BCUT2D eigenvalue weighted by Crippen LogP contribution is 2.17. The Balaban J connectivity index is 1.77. The van der Waals surface area contributed by atoms with Crippen molar-refractivity contribution in [1.82, 2.24) is 0 Å². The van der Waals surface area contributed by atoms with E-state index in [0.29, 0.717) is 24.5 Å². The van der Waals surface area contributed by atoms with Gasteiger partial charge in [0, 0.05) is 6.61 Å². The van der Waals surface area contributed by atoms with E-state index in [2.05, 4.69) is 0 Å². The van der Waals surface area contributed by atoms with Crippen molar-refractivity contribution in [1.29, 1.82) is 0 Å². The first kappa shape index (κ1) is 18.6. The van der Waals surface area contributed by atoms with Crippen LogP contribution in [0.25, 0.3) is 0 Å². The molecule has 0 aliphatic heterocycles. The van der Waals surface area contributed by atoms with E-state index >= 15 is 0 Å². The average Bonchev–Trinajstić information content (AvgIpc) is 2.60. The lowest BCUT2D eigenvalue weighted by atomic mass is 10.1. The van der Waals surface area contributed by atoms with E-state index in [1.54, 1.807) is 37.3 Å². The normalized spacial score (nSPS) is 14.2. The Morgan fingerprint density at radius 2 is 1.58 bits per heavy atom. The molecule has 2 rings (SSSR count). The zero-order chi connectivity index (χ0) is 17.4. The van der Waals surface area contributed by atoms with Gasteiger partial charge in [-0.25, -0.2) is 8.42 Å². The first-order valence-electron chi connectivity index (χ1n) is 8.06. The summed E-state index contributed by atoms with van der Waals surface area (Å²) in [4.78, 5) is 0.296. The summed E-state index contributed by atoms with van der Waals surface area (Å²) in [6.45, 7) is 2.64. The summed E-state index contributed by atoms with van der Waals surface area (Å²) in [7, 11) is -3.38. The highest BCUT2D eigenvalue weighted by molar-refractivity contribution is 7.91. The Morgan fingerprint density at radius 1 is 1.00 bits per heavy atom. The molecule has 2 atom stereocenters. The predicted molar refractivity (Wildman–Crippen MR) is 94.4 cm³/mol. The van der Waals surface area contributed by atoms with Crippen LogP contribution in [0.5, 0.6) is 0 Å². The van der Waals surface area contributed by atoms with Gasteiger partial charge in [-0.1, -0.05) is 55.5 Å². The van der Waals surface area contributed by atoms with Crippen molar-refractivity contribution in [2.75, 3.05) is 12.4 Å². The van der Waals surface area contributed by atoms with E-state index in [1.165, 1.54) is 0 Å². The second-order valence-corrected chi connectivity index (χ2v) is 8.00.